The number of primary amides is 1. The van der Waals surface area contributed by atoms with Crippen LogP contribution in [-0.4, -0.2) is 24.2 Å². The van der Waals surface area contributed by atoms with E-state index in [-0.39, 0.29) is 6.42 Å². The normalized spacial score (nSPS) is 17.5. The van der Waals surface area contributed by atoms with Gasteiger partial charge in [-0.05, 0) is 36.5 Å². The number of hydrogen-bond donors (Lipinski definition) is 3. The molecule has 0 spiro atoms. The van der Waals surface area contributed by atoms with Crippen LogP contribution in [0.1, 0.15) is 17.5 Å². The molecule has 3 N–H and O–H groups in total. The topological polar surface area (TPSA) is 75.4 Å². The summed E-state index contributed by atoms with van der Waals surface area (Å²) in [6, 6.07) is 3.72. The Labute approximate surface area is 130 Å². The molecule has 120 valence electrons. The Morgan fingerprint density at radius 3 is 2.64 bits per heavy atom. The Kier molecular flexibility index (Phi) is 4.55. The first-order valence-corrected chi connectivity index (χ1v) is 6.87. The molecule has 1 aromatic rings. The summed E-state index contributed by atoms with van der Waals surface area (Å²) < 4.78 is 37.8. The molecule has 2 rings (SSSR count). The van der Waals surface area contributed by atoms with E-state index in [0.717, 1.165) is 15.4 Å². The third-order valence-corrected chi connectivity index (χ3v) is 3.90. The van der Waals surface area contributed by atoms with Gasteiger partial charge in [0, 0.05) is 6.04 Å². The van der Waals surface area contributed by atoms with Crippen LogP contribution in [-0.2, 0) is 17.6 Å². The Balaban J connectivity index is 2.17. The van der Waals surface area contributed by atoms with Gasteiger partial charge in [0.1, 0.15) is 0 Å². The molecule has 1 aromatic carbocycles. The fourth-order valence-electron chi connectivity index (χ4n) is 2.49. The fraction of sp³-hybridized carbons (Fsp3) is 0.385. The number of amides is 3. The lowest BCUT2D eigenvalue weighted by molar-refractivity contribution is -0.174. The molecule has 0 saturated heterocycles. The van der Waals surface area contributed by atoms with Crippen LogP contribution in [0.5, 0.6) is 0 Å². The summed E-state index contributed by atoms with van der Waals surface area (Å²) in [4.78, 5) is 22.2. The fourth-order valence-corrected chi connectivity index (χ4v) is 2.68. The zero-order valence-electron chi connectivity index (χ0n) is 11.4. The molecule has 9 heteroatoms. The number of hydrogen-bond acceptors (Lipinski definition) is 3. The van der Waals surface area contributed by atoms with Crippen LogP contribution in [0.4, 0.5) is 23.7 Å². The van der Waals surface area contributed by atoms with Gasteiger partial charge in [0.25, 0.3) is 0 Å². The van der Waals surface area contributed by atoms with Gasteiger partial charge in [-0.25, -0.2) is 9.10 Å². The van der Waals surface area contributed by atoms with Crippen LogP contribution in [0, 0.1) is 0 Å². The summed E-state index contributed by atoms with van der Waals surface area (Å²) in [5, 5.41) is 1.98. The summed E-state index contributed by atoms with van der Waals surface area (Å²) in [6.07, 6.45) is -3.88. The highest BCUT2D eigenvalue weighted by molar-refractivity contribution is 7.82. The first-order valence-electron chi connectivity index (χ1n) is 6.47. The lowest BCUT2D eigenvalue weighted by Crippen LogP contribution is -2.45. The van der Waals surface area contributed by atoms with Crippen molar-refractivity contribution >= 4 is 30.4 Å². The molecule has 0 fully saturated rings. The number of nitrogens with one attached hydrogen (secondary N) is 1. The van der Waals surface area contributed by atoms with Crippen molar-refractivity contribution in [2.75, 3.05) is 4.31 Å². The van der Waals surface area contributed by atoms with E-state index in [1.807, 2.05) is 5.32 Å². The molecular formula is C13H14F3N3O2S. The zero-order valence-corrected chi connectivity index (χ0v) is 12.2. The van der Waals surface area contributed by atoms with Crippen LogP contribution in [0.3, 0.4) is 0 Å². The van der Waals surface area contributed by atoms with Gasteiger partial charge in [0.15, 0.2) is 0 Å². The first kappa shape index (κ1) is 16.5. The number of anilines is 1. The van der Waals surface area contributed by atoms with E-state index < -0.39 is 24.2 Å². The zero-order chi connectivity index (χ0) is 16.5. The molecular weight excluding hydrogens is 319 g/mol. The van der Waals surface area contributed by atoms with Gasteiger partial charge in [-0.15, -0.1) is 0 Å². The number of thiol groups is 1. The number of benzene rings is 1. The van der Waals surface area contributed by atoms with Crippen molar-refractivity contribution in [3.05, 3.63) is 29.3 Å². The second-order valence-corrected chi connectivity index (χ2v) is 5.38. The van der Waals surface area contributed by atoms with Crippen LogP contribution >= 0.6 is 12.8 Å². The Bertz CT molecular complexity index is 607. The largest absolute Gasteiger partial charge is 0.471 e. The first-order chi connectivity index (χ1) is 10.2. The van der Waals surface area contributed by atoms with Crippen molar-refractivity contribution in [2.24, 2.45) is 5.73 Å². The highest BCUT2D eigenvalue weighted by Crippen LogP contribution is 2.31. The molecule has 5 nitrogen and oxygen atoms in total. The number of nitrogens with two attached hydrogens (primary N) is 1. The summed E-state index contributed by atoms with van der Waals surface area (Å²) in [5.41, 5.74) is 7.24. The van der Waals surface area contributed by atoms with Crippen molar-refractivity contribution in [1.29, 1.82) is 0 Å². The van der Waals surface area contributed by atoms with Crippen LogP contribution in [0.15, 0.2) is 18.2 Å². The predicted molar refractivity (Wildman–Crippen MR) is 77.5 cm³/mol. The molecule has 1 aliphatic carbocycles. The van der Waals surface area contributed by atoms with Crippen LogP contribution < -0.4 is 15.4 Å². The van der Waals surface area contributed by atoms with Crippen molar-refractivity contribution in [2.45, 2.75) is 31.5 Å². The van der Waals surface area contributed by atoms with E-state index in [2.05, 4.69) is 12.8 Å². The Morgan fingerprint density at radius 1 is 1.36 bits per heavy atom. The quantitative estimate of drug-likeness (QED) is 0.724. The lowest BCUT2D eigenvalue weighted by Gasteiger charge is -2.28. The lowest BCUT2D eigenvalue weighted by atomic mass is 9.87. The van der Waals surface area contributed by atoms with Gasteiger partial charge >= 0.3 is 18.1 Å². The summed E-state index contributed by atoms with van der Waals surface area (Å²) in [5.74, 6) is -1.94. The van der Waals surface area contributed by atoms with Gasteiger partial charge in [-0.2, -0.15) is 13.2 Å². The molecule has 22 heavy (non-hydrogen) atoms. The van der Waals surface area contributed by atoms with E-state index >= 15 is 0 Å². The second kappa shape index (κ2) is 6.07. The van der Waals surface area contributed by atoms with Gasteiger partial charge in [-0.3, -0.25) is 4.79 Å². The smallest absolute Gasteiger partial charge is 0.350 e. The summed E-state index contributed by atoms with van der Waals surface area (Å²) in [6.45, 7) is 0. The summed E-state index contributed by atoms with van der Waals surface area (Å²) >= 11 is 4.00. The highest BCUT2D eigenvalue weighted by atomic mass is 32.1. The Hall–Kier alpha value is -1.90. The molecule has 3 amide bonds. The Morgan fingerprint density at radius 2 is 2.05 bits per heavy atom. The molecule has 0 bridgehead atoms. The number of carbonyl (C=O) groups is 2. The van der Waals surface area contributed by atoms with Crippen LogP contribution in [0.2, 0.25) is 0 Å². The minimum atomic E-state index is -4.89. The molecule has 1 atom stereocenters. The molecule has 1 aliphatic rings. The third kappa shape index (κ3) is 3.46. The number of fused-ring (bicyclic) bond motifs is 1. The monoisotopic (exact) mass is 333 g/mol. The van der Waals surface area contributed by atoms with Crippen molar-refractivity contribution in [3.63, 3.8) is 0 Å². The van der Waals surface area contributed by atoms with Gasteiger partial charge in [0.2, 0.25) is 0 Å². The van der Waals surface area contributed by atoms with Crippen molar-refractivity contribution in [3.8, 4) is 0 Å². The molecule has 0 saturated carbocycles. The van der Waals surface area contributed by atoms with Gasteiger partial charge in [-0.1, -0.05) is 24.9 Å². The minimum absolute atomic E-state index is 0.255. The van der Waals surface area contributed by atoms with Crippen molar-refractivity contribution in [1.82, 2.24) is 5.32 Å². The molecule has 0 heterocycles. The van der Waals surface area contributed by atoms with E-state index in [0.29, 0.717) is 18.5 Å². The second-order valence-electron chi connectivity index (χ2n) is 4.98. The maximum atomic E-state index is 12.3. The number of carbonyl (C=O) groups excluding carboxylic acids is 2. The predicted octanol–water partition coefficient (Wildman–Crippen LogP) is 1.95. The van der Waals surface area contributed by atoms with Crippen LogP contribution in [0.25, 0.3) is 0 Å². The van der Waals surface area contributed by atoms with Gasteiger partial charge < -0.3 is 11.1 Å². The number of halogens is 3. The average molecular weight is 333 g/mol. The molecule has 0 aromatic heterocycles. The third-order valence-electron chi connectivity index (χ3n) is 3.49. The van der Waals surface area contributed by atoms with Crippen molar-refractivity contribution < 1.29 is 22.8 Å². The highest BCUT2D eigenvalue weighted by Gasteiger charge is 2.40. The number of nitrogens with zero attached hydrogens (tertiary/aromatic N) is 1. The summed E-state index contributed by atoms with van der Waals surface area (Å²) in [7, 11) is 0. The molecule has 0 unspecified atom stereocenters. The van der Waals surface area contributed by atoms with E-state index in [1.165, 1.54) is 0 Å². The van der Waals surface area contributed by atoms with E-state index in [9.17, 15) is 22.8 Å². The molecule has 0 radical (unpaired) electrons. The SMILES string of the molecule is NC(=O)N(S)c1cccc2c1CC[C@H](NC(=O)C(F)(F)F)C2. The number of alkyl halides is 3. The van der Waals surface area contributed by atoms with Gasteiger partial charge in [0.05, 0.1) is 5.69 Å². The average Bonchev–Trinajstić information content (AvgIpc) is 2.44. The number of urea groups is 1. The minimum Gasteiger partial charge on any atom is -0.350 e. The maximum absolute atomic E-state index is 12.3. The molecule has 0 aliphatic heterocycles. The number of rotatable bonds is 2. The van der Waals surface area contributed by atoms with E-state index in [1.54, 1.807) is 18.2 Å². The van der Waals surface area contributed by atoms with E-state index in [4.69, 9.17) is 5.73 Å². The standard InChI is InChI=1S/C13H14F3N3O2S/c14-13(15,16)11(20)18-8-4-5-9-7(6-8)2-1-3-10(9)19(22)12(17)21/h1-3,8,22H,4-6H2,(H2,17,21)(H,18,20)/t8-/m0/s1. The maximum Gasteiger partial charge on any atom is 0.471 e.